The maximum Gasteiger partial charge on any atom is 0.325 e. The number of thiophene rings is 1. The molecule has 23 heavy (non-hydrogen) atoms. The molecule has 2 heterocycles. The molecular weight excluding hydrogens is 332 g/mol. The first-order chi connectivity index (χ1) is 11.1. The highest BCUT2D eigenvalue weighted by atomic mass is 35.5. The second-order valence-electron chi connectivity index (χ2n) is 5.97. The van der Waals surface area contributed by atoms with Crippen molar-refractivity contribution in [2.75, 3.05) is 0 Å². The number of carbonyl (C=O) groups is 2. The first-order valence-electron chi connectivity index (χ1n) is 7.55. The van der Waals surface area contributed by atoms with E-state index < -0.39 is 5.54 Å². The van der Waals surface area contributed by atoms with Gasteiger partial charge in [-0.05, 0) is 48.4 Å². The molecule has 3 amide bonds. The molecule has 4 nitrogen and oxygen atoms in total. The number of hydrogen-bond acceptors (Lipinski definition) is 3. The van der Waals surface area contributed by atoms with Gasteiger partial charge < -0.3 is 5.32 Å². The van der Waals surface area contributed by atoms with Crippen LogP contribution in [0.25, 0.3) is 0 Å². The summed E-state index contributed by atoms with van der Waals surface area (Å²) in [7, 11) is 0. The Morgan fingerprint density at radius 3 is 3.00 bits per heavy atom. The zero-order valence-corrected chi connectivity index (χ0v) is 13.9. The molecule has 1 atom stereocenters. The monoisotopic (exact) mass is 346 g/mol. The number of imide groups is 1. The van der Waals surface area contributed by atoms with E-state index in [4.69, 9.17) is 11.6 Å². The van der Waals surface area contributed by atoms with Gasteiger partial charge in [-0.25, -0.2) is 4.79 Å². The van der Waals surface area contributed by atoms with Gasteiger partial charge in [-0.1, -0.05) is 23.7 Å². The Labute approximate surface area is 143 Å². The lowest BCUT2D eigenvalue weighted by Gasteiger charge is -2.31. The second-order valence-corrected chi connectivity index (χ2v) is 7.40. The Hall–Kier alpha value is -1.85. The van der Waals surface area contributed by atoms with Crippen molar-refractivity contribution in [3.63, 3.8) is 0 Å². The van der Waals surface area contributed by atoms with Gasteiger partial charge in [0.1, 0.15) is 5.54 Å². The van der Waals surface area contributed by atoms with Crippen LogP contribution in [-0.2, 0) is 23.3 Å². The number of nitrogens with zero attached hydrogens (tertiary/aromatic N) is 1. The molecule has 118 valence electrons. The van der Waals surface area contributed by atoms with Crippen molar-refractivity contribution in [3.8, 4) is 0 Å². The van der Waals surface area contributed by atoms with Gasteiger partial charge in [-0.3, -0.25) is 9.69 Å². The quantitative estimate of drug-likeness (QED) is 0.843. The fourth-order valence-electron chi connectivity index (χ4n) is 3.50. The predicted octanol–water partition coefficient (Wildman–Crippen LogP) is 3.69. The molecule has 1 fully saturated rings. The molecule has 1 aromatic heterocycles. The maximum atomic E-state index is 13.1. The molecule has 2 aromatic rings. The molecule has 6 heteroatoms. The van der Waals surface area contributed by atoms with E-state index in [0.717, 1.165) is 24.0 Å². The maximum absolute atomic E-state index is 13.1. The van der Waals surface area contributed by atoms with Crippen LogP contribution in [0.4, 0.5) is 4.79 Å². The van der Waals surface area contributed by atoms with Gasteiger partial charge in [-0.15, -0.1) is 11.3 Å². The van der Waals surface area contributed by atoms with Crippen molar-refractivity contribution >= 4 is 34.9 Å². The Morgan fingerprint density at radius 1 is 1.30 bits per heavy atom. The third-order valence-corrected chi connectivity index (χ3v) is 5.78. The van der Waals surface area contributed by atoms with E-state index in [2.05, 4.69) is 5.32 Å². The van der Waals surface area contributed by atoms with Gasteiger partial charge in [0.15, 0.2) is 0 Å². The molecule has 1 aliphatic carbocycles. The average molecular weight is 347 g/mol. The number of nitrogens with one attached hydrogen (secondary N) is 1. The summed E-state index contributed by atoms with van der Waals surface area (Å²) in [6, 6.07) is 8.90. The number of urea groups is 1. The van der Waals surface area contributed by atoms with E-state index in [1.54, 1.807) is 23.5 Å². The van der Waals surface area contributed by atoms with E-state index in [0.29, 0.717) is 11.4 Å². The minimum absolute atomic E-state index is 0.151. The Kier molecular flexibility index (Phi) is 3.43. The summed E-state index contributed by atoms with van der Waals surface area (Å²) in [5.41, 5.74) is 0.948. The molecule has 4 rings (SSSR count). The van der Waals surface area contributed by atoms with E-state index in [1.165, 1.54) is 9.78 Å². The topological polar surface area (TPSA) is 49.4 Å². The molecule has 2 aliphatic rings. The Bertz CT molecular complexity index is 803. The third kappa shape index (κ3) is 2.26. The summed E-state index contributed by atoms with van der Waals surface area (Å²) in [6.07, 6.45) is 2.55. The largest absolute Gasteiger partial charge is 0.325 e. The van der Waals surface area contributed by atoms with Crippen LogP contribution in [-0.4, -0.2) is 16.8 Å². The first-order valence-corrected chi connectivity index (χ1v) is 8.81. The minimum atomic E-state index is -0.872. The fraction of sp³-hybridized carbons (Fsp3) is 0.294. The van der Waals surface area contributed by atoms with Gasteiger partial charge in [-0.2, -0.15) is 0 Å². The van der Waals surface area contributed by atoms with Crippen LogP contribution >= 0.6 is 22.9 Å². The van der Waals surface area contributed by atoms with Gasteiger partial charge in [0.05, 0.1) is 6.54 Å². The number of benzene rings is 1. The molecule has 0 radical (unpaired) electrons. The average Bonchev–Trinajstić information content (AvgIpc) is 3.09. The first kappa shape index (κ1) is 14.7. The molecule has 0 unspecified atom stereocenters. The lowest BCUT2D eigenvalue weighted by atomic mass is 9.80. The van der Waals surface area contributed by atoms with Crippen LogP contribution in [0.1, 0.15) is 28.8 Å². The lowest BCUT2D eigenvalue weighted by molar-refractivity contribution is -0.132. The summed E-state index contributed by atoms with van der Waals surface area (Å²) in [5, 5.41) is 5.55. The molecule has 0 saturated carbocycles. The number of hydrogen-bond donors (Lipinski definition) is 1. The highest BCUT2D eigenvalue weighted by Crippen LogP contribution is 2.42. The highest BCUT2D eigenvalue weighted by molar-refractivity contribution is 7.10. The summed E-state index contributed by atoms with van der Waals surface area (Å²) < 4.78 is 0. The Balaban J connectivity index is 1.68. The number of rotatable bonds is 2. The van der Waals surface area contributed by atoms with Crippen LogP contribution in [0.3, 0.4) is 0 Å². The molecule has 1 saturated heterocycles. The van der Waals surface area contributed by atoms with Crippen molar-refractivity contribution in [2.45, 2.75) is 31.3 Å². The normalized spacial score (nSPS) is 23.3. The van der Waals surface area contributed by atoms with Gasteiger partial charge in [0, 0.05) is 15.5 Å². The van der Waals surface area contributed by atoms with Gasteiger partial charge in [0.2, 0.25) is 0 Å². The Morgan fingerprint density at radius 2 is 2.17 bits per heavy atom. The van der Waals surface area contributed by atoms with Crippen molar-refractivity contribution in [1.29, 1.82) is 0 Å². The predicted molar refractivity (Wildman–Crippen MR) is 89.5 cm³/mol. The summed E-state index contributed by atoms with van der Waals surface area (Å²) in [4.78, 5) is 28.0. The molecule has 1 aromatic carbocycles. The minimum Gasteiger partial charge on any atom is -0.319 e. The lowest BCUT2D eigenvalue weighted by Crippen LogP contribution is -2.46. The third-order valence-electron chi connectivity index (χ3n) is 4.57. The summed E-state index contributed by atoms with van der Waals surface area (Å²) in [5.74, 6) is -0.151. The zero-order valence-electron chi connectivity index (χ0n) is 12.3. The number of amides is 3. The molecule has 1 aliphatic heterocycles. The van der Waals surface area contributed by atoms with Crippen molar-refractivity contribution in [3.05, 3.63) is 56.7 Å². The van der Waals surface area contributed by atoms with Crippen LogP contribution in [0.15, 0.2) is 35.7 Å². The number of fused-ring (bicyclic) bond motifs is 2. The van der Waals surface area contributed by atoms with Crippen LogP contribution in [0.2, 0.25) is 5.02 Å². The standard InChI is InChI=1S/C17H15ClN2O2S/c18-12-4-1-3-11(9-12)10-20-15(21)17(19-16(20)22)7-2-5-14-13(17)6-8-23-14/h1,3-4,6,8-9H,2,5,7,10H2,(H,19,22)/t17-/m1/s1. The van der Waals surface area contributed by atoms with Crippen molar-refractivity contribution < 1.29 is 9.59 Å². The van der Waals surface area contributed by atoms with E-state index in [1.807, 2.05) is 23.6 Å². The molecule has 1 N–H and O–H groups in total. The smallest absolute Gasteiger partial charge is 0.319 e. The number of carbonyl (C=O) groups excluding carboxylic acids is 2. The molecule has 0 bridgehead atoms. The summed E-state index contributed by atoms with van der Waals surface area (Å²) in [6.45, 7) is 0.243. The van der Waals surface area contributed by atoms with Crippen LogP contribution in [0.5, 0.6) is 0 Å². The number of aryl methyl sites for hydroxylation is 1. The number of halogens is 1. The second kappa shape index (κ2) is 5.35. The van der Waals surface area contributed by atoms with Crippen molar-refractivity contribution in [2.24, 2.45) is 0 Å². The van der Waals surface area contributed by atoms with Gasteiger partial charge >= 0.3 is 6.03 Å². The molecular formula is C17H15ClN2O2S. The van der Waals surface area contributed by atoms with Gasteiger partial charge in [0.25, 0.3) is 5.91 Å². The van der Waals surface area contributed by atoms with E-state index >= 15 is 0 Å². The SMILES string of the molecule is O=C1N[C@@]2(CCCc3sccc32)C(=O)N1Cc1cccc(Cl)c1. The van der Waals surface area contributed by atoms with E-state index in [-0.39, 0.29) is 18.5 Å². The van der Waals surface area contributed by atoms with E-state index in [9.17, 15) is 9.59 Å². The summed E-state index contributed by atoms with van der Waals surface area (Å²) >= 11 is 7.65. The fourth-order valence-corrected chi connectivity index (χ4v) is 4.72. The zero-order chi connectivity index (χ0) is 16.0. The van der Waals surface area contributed by atoms with Crippen LogP contribution in [0, 0.1) is 0 Å². The molecule has 1 spiro atoms. The highest BCUT2D eigenvalue weighted by Gasteiger charge is 2.54. The van der Waals surface area contributed by atoms with Crippen molar-refractivity contribution in [1.82, 2.24) is 10.2 Å². The van der Waals surface area contributed by atoms with Crippen LogP contribution < -0.4 is 5.32 Å².